The first kappa shape index (κ1) is 22.1. The molecule has 2 aromatic rings. The van der Waals surface area contributed by atoms with Crippen LogP contribution in [0.1, 0.15) is 16.7 Å². The van der Waals surface area contributed by atoms with Crippen LogP contribution < -0.4 is 5.32 Å². The van der Waals surface area contributed by atoms with Gasteiger partial charge < -0.3 is 15.1 Å². The summed E-state index contributed by atoms with van der Waals surface area (Å²) >= 11 is 0. The zero-order chi connectivity index (χ0) is 19.2. The van der Waals surface area contributed by atoms with Crippen LogP contribution in [0.5, 0.6) is 0 Å². The van der Waals surface area contributed by atoms with Crippen LogP contribution in [0.3, 0.4) is 0 Å². The highest BCUT2D eigenvalue weighted by atomic mass is 127. The van der Waals surface area contributed by atoms with Crippen molar-refractivity contribution in [1.29, 1.82) is 0 Å². The van der Waals surface area contributed by atoms with E-state index in [1.807, 2.05) is 35.0 Å². The number of nitrogens with zero attached hydrogens (tertiary/aromatic N) is 3. The topological polar surface area (TPSA) is 47.9 Å². The van der Waals surface area contributed by atoms with Crippen molar-refractivity contribution in [3.63, 3.8) is 0 Å². The zero-order valence-electron chi connectivity index (χ0n) is 16.2. The van der Waals surface area contributed by atoms with Crippen LogP contribution in [0.25, 0.3) is 0 Å². The van der Waals surface area contributed by atoms with Gasteiger partial charge in [0.2, 0.25) is 5.91 Å². The van der Waals surface area contributed by atoms with E-state index in [-0.39, 0.29) is 42.2 Å². The minimum Gasteiger partial charge on any atom is -0.347 e. The van der Waals surface area contributed by atoms with Gasteiger partial charge in [-0.25, -0.2) is 4.39 Å². The Labute approximate surface area is 182 Å². The minimum atomic E-state index is -0.260. The molecule has 3 rings (SSSR count). The molecule has 150 valence electrons. The highest BCUT2D eigenvalue weighted by molar-refractivity contribution is 14.0. The molecule has 0 bridgehead atoms. The van der Waals surface area contributed by atoms with Gasteiger partial charge in [0.15, 0.2) is 5.96 Å². The number of rotatable bonds is 4. The highest BCUT2D eigenvalue weighted by Gasteiger charge is 2.20. The molecule has 2 aromatic carbocycles. The minimum absolute atomic E-state index is 0. The maximum Gasteiger partial charge on any atom is 0.242 e. The summed E-state index contributed by atoms with van der Waals surface area (Å²) in [6, 6.07) is 14.7. The van der Waals surface area contributed by atoms with Gasteiger partial charge in [-0.05, 0) is 35.2 Å². The maximum absolute atomic E-state index is 13.4. The molecule has 7 heteroatoms. The first-order valence-corrected chi connectivity index (χ1v) is 9.07. The second-order valence-electron chi connectivity index (χ2n) is 6.72. The van der Waals surface area contributed by atoms with E-state index in [2.05, 4.69) is 22.4 Å². The van der Waals surface area contributed by atoms with Gasteiger partial charge in [0, 0.05) is 33.7 Å². The van der Waals surface area contributed by atoms with Gasteiger partial charge in [-0.2, -0.15) is 0 Å². The molecular weight excluding hydrogens is 470 g/mol. The lowest BCUT2D eigenvalue weighted by atomic mass is 10.00. The monoisotopic (exact) mass is 496 g/mol. The van der Waals surface area contributed by atoms with Gasteiger partial charge in [0.1, 0.15) is 5.82 Å². The molecule has 28 heavy (non-hydrogen) atoms. The number of fused-ring (bicyclic) bond motifs is 1. The fourth-order valence-electron chi connectivity index (χ4n) is 3.34. The van der Waals surface area contributed by atoms with Crippen molar-refractivity contribution < 1.29 is 9.18 Å². The lowest BCUT2D eigenvalue weighted by Gasteiger charge is -2.29. The van der Waals surface area contributed by atoms with E-state index in [0.717, 1.165) is 18.5 Å². The Hall–Kier alpha value is -2.16. The van der Waals surface area contributed by atoms with E-state index in [4.69, 9.17) is 0 Å². The van der Waals surface area contributed by atoms with E-state index in [1.165, 1.54) is 23.3 Å². The second kappa shape index (κ2) is 10.4. The Balaban J connectivity index is 0.00000280. The van der Waals surface area contributed by atoms with Crippen molar-refractivity contribution in [3.05, 3.63) is 71.0 Å². The van der Waals surface area contributed by atoms with Crippen LogP contribution in [0.2, 0.25) is 0 Å². The van der Waals surface area contributed by atoms with E-state index < -0.39 is 0 Å². The predicted octanol–water partition coefficient (Wildman–Crippen LogP) is 3.04. The number of benzene rings is 2. The van der Waals surface area contributed by atoms with Crippen LogP contribution in [0, 0.1) is 5.82 Å². The molecule has 0 saturated carbocycles. The third-order valence-corrected chi connectivity index (χ3v) is 4.76. The number of halogens is 2. The average molecular weight is 496 g/mol. The lowest BCUT2D eigenvalue weighted by molar-refractivity contribution is -0.130. The van der Waals surface area contributed by atoms with Crippen molar-refractivity contribution in [3.8, 4) is 0 Å². The average Bonchev–Trinajstić information content (AvgIpc) is 2.68. The third-order valence-electron chi connectivity index (χ3n) is 4.76. The highest BCUT2D eigenvalue weighted by Crippen LogP contribution is 2.18. The molecule has 0 atom stereocenters. The first-order chi connectivity index (χ1) is 13.1. The molecular formula is C21H26FIN4O. The maximum atomic E-state index is 13.4. The molecule has 0 radical (unpaired) electrons. The largest absolute Gasteiger partial charge is 0.347 e. The second-order valence-corrected chi connectivity index (χ2v) is 6.72. The molecule has 0 aromatic heterocycles. The summed E-state index contributed by atoms with van der Waals surface area (Å²) in [5, 5.41) is 3.12. The summed E-state index contributed by atoms with van der Waals surface area (Å²) in [5.74, 6) is 0.388. The van der Waals surface area contributed by atoms with Crippen LogP contribution in [0.4, 0.5) is 4.39 Å². The number of nitrogens with one attached hydrogen (secondary N) is 1. The Morgan fingerprint density at radius 3 is 2.68 bits per heavy atom. The number of hydrogen-bond acceptors (Lipinski definition) is 2. The fraction of sp³-hybridized carbons (Fsp3) is 0.333. The SMILES string of the molecule is CN=C(NCC(=O)N1CCc2ccccc2C1)N(C)Cc1cccc(F)c1.I. The molecule has 1 heterocycles. The quantitative estimate of drug-likeness (QED) is 0.403. The van der Waals surface area contributed by atoms with Crippen LogP contribution in [0.15, 0.2) is 53.5 Å². The van der Waals surface area contributed by atoms with Gasteiger partial charge >= 0.3 is 0 Å². The van der Waals surface area contributed by atoms with Crippen molar-refractivity contribution in [2.75, 3.05) is 27.2 Å². The van der Waals surface area contributed by atoms with E-state index in [9.17, 15) is 9.18 Å². The van der Waals surface area contributed by atoms with Crippen LogP contribution >= 0.6 is 24.0 Å². The zero-order valence-corrected chi connectivity index (χ0v) is 18.5. The number of aliphatic imine (C=N–C) groups is 1. The van der Waals surface area contributed by atoms with Gasteiger partial charge in [-0.1, -0.05) is 36.4 Å². The summed E-state index contributed by atoms with van der Waals surface area (Å²) in [6.45, 7) is 2.06. The Kier molecular flexibility index (Phi) is 8.22. The van der Waals surface area contributed by atoms with Gasteiger partial charge in [0.25, 0.3) is 0 Å². The summed E-state index contributed by atoms with van der Waals surface area (Å²) in [6.07, 6.45) is 0.885. The van der Waals surface area contributed by atoms with Gasteiger partial charge in [-0.15, -0.1) is 24.0 Å². The molecule has 0 aliphatic carbocycles. The summed E-state index contributed by atoms with van der Waals surface area (Å²) in [7, 11) is 3.54. The van der Waals surface area contributed by atoms with Crippen molar-refractivity contribution in [2.24, 2.45) is 4.99 Å². The molecule has 0 fully saturated rings. The summed E-state index contributed by atoms with van der Waals surface area (Å²) in [5.41, 5.74) is 3.38. The lowest BCUT2D eigenvalue weighted by Crippen LogP contribution is -2.46. The van der Waals surface area contributed by atoms with Gasteiger partial charge in [0.05, 0.1) is 6.54 Å². The Morgan fingerprint density at radius 2 is 1.96 bits per heavy atom. The van der Waals surface area contributed by atoms with Crippen LogP contribution in [-0.2, 0) is 24.3 Å². The summed E-state index contributed by atoms with van der Waals surface area (Å²) in [4.78, 5) is 20.6. The van der Waals surface area contributed by atoms with Crippen molar-refractivity contribution in [2.45, 2.75) is 19.5 Å². The smallest absolute Gasteiger partial charge is 0.242 e. The molecule has 1 aliphatic heterocycles. The summed E-state index contributed by atoms with van der Waals surface area (Å²) < 4.78 is 13.4. The molecule has 0 saturated heterocycles. The van der Waals surface area contributed by atoms with E-state index in [1.54, 1.807) is 13.1 Å². The molecule has 0 spiro atoms. The Bertz CT molecular complexity index is 843. The molecule has 5 nitrogen and oxygen atoms in total. The number of carbonyl (C=O) groups is 1. The normalized spacial score (nSPS) is 13.4. The third kappa shape index (κ3) is 5.67. The predicted molar refractivity (Wildman–Crippen MR) is 120 cm³/mol. The number of carbonyl (C=O) groups excluding carboxylic acids is 1. The molecule has 1 amide bonds. The first-order valence-electron chi connectivity index (χ1n) is 9.07. The van der Waals surface area contributed by atoms with Crippen molar-refractivity contribution >= 4 is 35.8 Å². The fourth-order valence-corrected chi connectivity index (χ4v) is 3.34. The number of amides is 1. The number of guanidine groups is 1. The molecule has 0 unspecified atom stereocenters. The van der Waals surface area contributed by atoms with Crippen molar-refractivity contribution in [1.82, 2.24) is 15.1 Å². The van der Waals surface area contributed by atoms with Gasteiger partial charge in [-0.3, -0.25) is 9.79 Å². The number of hydrogen-bond donors (Lipinski definition) is 1. The van der Waals surface area contributed by atoms with Crippen LogP contribution in [-0.4, -0.2) is 48.9 Å². The molecule has 1 N–H and O–H groups in total. The molecule has 1 aliphatic rings. The van der Waals surface area contributed by atoms with E-state index >= 15 is 0 Å². The Morgan fingerprint density at radius 1 is 1.21 bits per heavy atom. The van der Waals surface area contributed by atoms with E-state index in [0.29, 0.717) is 19.0 Å². The standard InChI is InChI=1S/C21H25FN4O.HI/c1-23-21(25(2)14-16-6-5-9-19(22)12-16)24-13-20(27)26-11-10-17-7-3-4-8-18(17)15-26;/h3-9,12H,10-11,13-15H2,1-2H3,(H,23,24);1H.